The van der Waals surface area contributed by atoms with Crippen molar-refractivity contribution in [1.82, 2.24) is 5.32 Å². The first-order chi connectivity index (χ1) is 8.81. The minimum atomic E-state index is -4.32. The summed E-state index contributed by atoms with van der Waals surface area (Å²) in [4.78, 5) is 11.4. The van der Waals surface area contributed by atoms with Crippen molar-refractivity contribution in [2.75, 3.05) is 25.5 Å². The molecule has 0 spiro atoms. The number of methoxy groups -OCH3 is 1. The average molecular weight is 276 g/mol. The molecule has 0 heterocycles. The fourth-order valence-electron chi connectivity index (χ4n) is 1.48. The lowest BCUT2D eigenvalue weighted by molar-refractivity contribution is -0.126. The molecule has 1 amide bonds. The first-order valence-corrected chi connectivity index (χ1v) is 5.54. The van der Waals surface area contributed by atoms with Gasteiger partial charge in [0.2, 0.25) is 5.91 Å². The van der Waals surface area contributed by atoms with Crippen molar-refractivity contribution in [3.05, 3.63) is 23.8 Å². The number of rotatable bonds is 5. The summed E-state index contributed by atoms with van der Waals surface area (Å²) >= 11 is 0. The van der Waals surface area contributed by atoms with Gasteiger partial charge in [0.1, 0.15) is 5.75 Å². The molecule has 1 rings (SSSR count). The van der Waals surface area contributed by atoms with Crippen LogP contribution in [0.3, 0.4) is 0 Å². The molecule has 4 nitrogen and oxygen atoms in total. The van der Waals surface area contributed by atoms with Crippen LogP contribution in [0.4, 0.5) is 18.9 Å². The predicted molar refractivity (Wildman–Crippen MR) is 65.3 cm³/mol. The van der Waals surface area contributed by atoms with Crippen molar-refractivity contribution >= 4 is 11.6 Å². The molecule has 2 N–H and O–H groups in total. The first-order valence-electron chi connectivity index (χ1n) is 5.54. The Bertz CT molecular complexity index is 447. The van der Waals surface area contributed by atoms with E-state index in [-0.39, 0.29) is 0 Å². The average Bonchev–Trinajstić information content (AvgIpc) is 2.27. The summed E-state index contributed by atoms with van der Waals surface area (Å²) in [5.74, 6) is 0.141. The van der Waals surface area contributed by atoms with Gasteiger partial charge in [-0.3, -0.25) is 4.79 Å². The fourth-order valence-corrected chi connectivity index (χ4v) is 1.48. The number of benzene rings is 1. The van der Waals surface area contributed by atoms with Crippen LogP contribution >= 0.6 is 0 Å². The number of nitrogens with one attached hydrogen (secondary N) is 2. The molecule has 0 radical (unpaired) electrons. The molecule has 106 valence electrons. The van der Waals surface area contributed by atoms with Crippen LogP contribution in [0.5, 0.6) is 5.75 Å². The summed E-state index contributed by atoms with van der Waals surface area (Å²) in [6, 6.07) is 4.97. The predicted octanol–water partition coefficient (Wildman–Crippen LogP) is 2.09. The van der Waals surface area contributed by atoms with Gasteiger partial charge in [0.25, 0.3) is 0 Å². The highest BCUT2D eigenvalue weighted by Gasteiger charge is 2.26. The number of carbonyl (C=O) groups excluding carboxylic acids is 1. The molecule has 19 heavy (non-hydrogen) atoms. The van der Waals surface area contributed by atoms with Crippen molar-refractivity contribution in [2.45, 2.75) is 13.1 Å². The number of ether oxygens (including phenoxy) is 1. The zero-order valence-corrected chi connectivity index (χ0v) is 10.6. The minimum absolute atomic E-state index is 0.398. The van der Waals surface area contributed by atoms with Crippen molar-refractivity contribution in [2.24, 2.45) is 0 Å². The molecular formula is C12H15F3N2O2. The molecule has 0 aromatic heterocycles. The topological polar surface area (TPSA) is 50.4 Å². The van der Waals surface area contributed by atoms with Gasteiger partial charge < -0.3 is 15.4 Å². The van der Waals surface area contributed by atoms with E-state index in [2.05, 4.69) is 5.32 Å². The molecule has 0 unspecified atom stereocenters. The molecule has 0 aliphatic rings. The van der Waals surface area contributed by atoms with E-state index in [1.54, 1.807) is 25.1 Å². The van der Waals surface area contributed by atoms with Crippen molar-refractivity contribution < 1.29 is 22.7 Å². The summed E-state index contributed by atoms with van der Waals surface area (Å²) in [6.07, 6.45) is -4.32. The highest BCUT2D eigenvalue weighted by molar-refractivity contribution is 5.92. The summed E-state index contributed by atoms with van der Waals surface area (Å²) in [5, 5.41) is 4.52. The molecule has 7 heteroatoms. The zero-order chi connectivity index (χ0) is 14.5. The smallest absolute Gasteiger partial charge is 0.401 e. The van der Waals surface area contributed by atoms with Gasteiger partial charge in [-0.05, 0) is 30.7 Å². The fraction of sp³-hybridized carbons (Fsp3) is 0.417. The Morgan fingerprint density at radius 1 is 1.37 bits per heavy atom. The summed E-state index contributed by atoms with van der Waals surface area (Å²) in [6.45, 7) is 0.211. The van der Waals surface area contributed by atoms with E-state index in [0.29, 0.717) is 11.4 Å². The molecular weight excluding hydrogens is 261 g/mol. The number of carbonyl (C=O) groups is 1. The van der Waals surface area contributed by atoms with Gasteiger partial charge in [-0.1, -0.05) is 0 Å². The molecule has 0 aliphatic heterocycles. The lowest BCUT2D eigenvalue weighted by Gasteiger charge is -2.10. The van der Waals surface area contributed by atoms with E-state index >= 15 is 0 Å². The Labute approximate surface area is 108 Å². The second-order valence-electron chi connectivity index (χ2n) is 3.95. The van der Waals surface area contributed by atoms with E-state index in [9.17, 15) is 18.0 Å². The SMILES string of the molecule is COc1ccc(NC(=O)CNCC(F)(F)F)cc1C. The van der Waals surface area contributed by atoms with Crippen LogP contribution in [0.15, 0.2) is 18.2 Å². The molecule has 1 aromatic rings. The van der Waals surface area contributed by atoms with Gasteiger partial charge >= 0.3 is 6.18 Å². The Kier molecular flexibility index (Phi) is 5.17. The van der Waals surface area contributed by atoms with Crippen LogP contribution in [0, 0.1) is 6.92 Å². The van der Waals surface area contributed by atoms with Crippen molar-refractivity contribution in [3.63, 3.8) is 0 Å². The Balaban J connectivity index is 2.46. The Morgan fingerprint density at radius 2 is 2.05 bits per heavy atom. The van der Waals surface area contributed by atoms with E-state index in [1.165, 1.54) is 7.11 Å². The summed E-state index contributed by atoms with van der Waals surface area (Å²) < 4.78 is 40.6. The molecule has 0 saturated carbocycles. The number of hydrogen-bond acceptors (Lipinski definition) is 3. The van der Waals surface area contributed by atoms with Crippen LogP contribution in [-0.2, 0) is 4.79 Å². The maximum absolute atomic E-state index is 11.9. The van der Waals surface area contributed by atoms with Gasteiger partial charge in [0.05, 0.1) is 20.2 Å². The van der Waals surface area contributed by atoms with Crippen LogP contribution in [0.25, 0.3) is 0 Å². The maximum Gasteiger partial charge on any atom is 0.401 e. The molecule has 0 aliphatic carbocycles. The number of alkyl halides is 3. The minimum Gasteiger partial charge on any atom is -0.496 e. The second kappa shape index (κ2) is 6.42. The highest BCUT2D eigenvalue weighted by atomic mass is 19.4. The van der Waals surface area contributed by atoms with Gasteiger partial charge in [0.15, 0.2) is 0 Å². The van der Waals surface area contributed by atoms with E-state index in [0.717, 1.165) is 5.56 Å². The van der Waals surface area contributed by atoms with Crippen LogP contribution in [-0.4, -0.2) is 32.3 Å². The van der Waals surface area contributed by atoms with E-state index < -0.39 is 25.2 Å². The molecule has 0 saturated heterocycles. The van der Waals surface area contributed by atoms with E-state index in [4.69, 9.17) is 4.74 Å². The number of hydrogen-bond donors (Lipinski definition) is 2. The standard InChI is InChI=1S/C12H15F3N2O2/c1-8-5-9(3-4-10(8)19-2)17-11(18)6-16-7-12(13,14)15/h3-5,16H,6-7H2,1-2H3,(H,17,18). The van der Waals surface area contributed by atoms with Crippen LogP contribution in [0.1, 0.15) is 5.56 Å². The van der Waals surface area contributed by atoms with Gasteiger partial charge in [-0.15, -0.1) is 0 Å². The monoisotopic (exact) mass is 276 g/mol. The third-order valence-electron chi connectivity index (χ3n) is 2.29. The molecule has 0 atom stereocenters. The van der Waals surface area contributed by atoms with Crippen molar-refractivity contribution in [1.29, 1.82) is 0 Å². The largest absolute Gasteiger partial charge is 0.496 e. The normalized spacial score (nSPS) is 11.2. The van der Waals surface area contributed by atoms with Crippen molar-refractivity contribution in [3.8, 4) is 5.75 Å². The van der Waals surface area contributed by atoms with E-state index in [1.807, 2.05) is 5.32 Å². The third-order valence-corrected chi connectivity index (χ3v) is 2.29. The molecule has 1 aromatic carbocycles. The third kappa shape index (κ3) is 5.60. The second-order valence-corrected chi connectivity index (χ2v) is 3.95. The first kappa shape index (κ1) is 15.3. The lowest BCUT2D eigenvalue weighted by atomic mass is 10.2. The highest BCUT2D eigenvalue weighted by Crippen LogP contribution is 2.21. The summed E-state index contributed by atoms with van der Waals surface area (Å²) in [5.41, 5.74) is 1.33. The van der Waals surface area contributed by atoms with Gasteiger partial charge in [0, 0.05) is 5.69 Å². The molecule has 0 bridgehead atoms. The van der Waals surface area contributed by atoms with Crippen LogP contribution in [0.2, 0.25) is 0 Å². The summed E-state index contributed by atoms with van der Waals surface area (Å²) in [7, 11) is 1.53. The van der Waals surface area contributed by atoms with Gasteiger partial charge in [-0.25, -0.2) is 0 Å². The van der Waals surface area contributed by atoms with Crippen LogP contribution < -0.4 is 15.4 Å². The lowest BCUT2D eigenvalue weighted by Crippen LogP contribution is -2.35. The Morgan fingerprint density at radius 3 is 2.58 bits per heavy atom. The number of aryl methyl sites for hydroxylation is 1. The maximum atomic E-state index is 11.9. The quantitative estimate of drug-likeness (QED) is 0.866. The number of halogens is 3. The number of anilines is 1. The van der Waals surface area contributed by atoms with Gasteiger partial charge in [-0.2, -0.15) is 13.2 Å². The number of amides is 1. The molecule has 0 fully saturated rings. The Hall–Kier alpha value is -1.76. The zero-order valence-electron chi connectivity index (χ0n) is 10.6.